The first kappa shape index (κ1) is 12.9. The minimum Gasteiger partial charge on any atom is -0.464 e. The van der Waals surface area contributed by atoms with Gasteiger partial charge in [0.05, 0.1) is 13.2 Å². The Morgan fingerprint density at radius 1 is 1.56 bits per heavy atom. The van der Waals surface area contributed by atoms with Crippen molar-refractivity contribution in [2.24, 2.45) is 11.1 Å². The summed E-state index contributed by atoms with van der Waals surface area (Å²) < 4.78 is 4.62. The van der Waals surface area contributed by atoms with E-state index in [0.29, 0.717) is 6.54 Å². The minimum absolute atomic E-state index is 0.0436. The van der Waals surface area contributed by atoms with Gasteiger partial charge in [0.15, 0.2) is 6.04 Å². The maximum Gasteiger partial charge on any atom is 0.332 e. The largest absolute Gasteiger partial charge is 0.464 e. The van der Waals surface area contributed by atoms with E-state index in [4.69, 9.17) is 10.8 Å². The lowest BCUT2D eigenvalue weighted by molar-refractivity contribution is -0.148. The first-order chi connectivity index (χ1) is 7.54. The Bertz CT molecular complexity index is 276. The highest BCUT2D eigenvalue weighted by Gasteiger charge is 2.42. The number of rotatable bonds is 6. The third kappa shape index (κ3) is 3.18. The molecule has 0 bridgehead atoms. The van der Waals surface area contributed by atoms with Crippen LogP contribution in [0.5, 0.6) is 0 Å². The summed E-state index contributed by atoms with van der Waals surface area (Å²) in [5, 5.41) is 11.6. The van der Waals surface area contributed by atoms with Gasteiger partial charge in [-0.3, -0.25) is 4.79 Å². The highest BCUT2D eigenvalue weighted by atomic mass is 16.5. The van der Waals surface area contributed by atoms with Crippen molar-refractivity contribution in [2.45, 2.75) is 25.8 Å². The molecule has 1 amide bonds. The number of hydrogen-bond acceptors (Lipinski definition) is 5. The zero-order valence-corrected chi connectivity index (χ0v) is 9.36. The Balaban J connectivity index is 2.31. The van der Waals surface area contributed by atoms with Gasteiger partial charge in [-0.25, -0.2) is 4.79 Å². The van der Waals surface area contributed by atoms with Gasteiger partial charge in [0, 0.05) is 12.0 Å². The van der Waals surface area contributed by atoms with E-state index in [9.17, 15) is 9.59 Å². The SMILES string of the molecule is CCOC(=O)C(N)C(=O)NCC1(CO)CC1. The summed E-state index contributed by atoms with van der Waals surface area (Å²) in [4.78, 5) is 22.6. The van der Waals surface area contributed by atoms with Gasteiger partial charge >= 0.3 is 5.97 Å². The Labute approximate surface area is 94.1 Å². The molecule has 0 aliphatic heterocycles. The molecule has 1 aliphatic rings. The van der Waals surface area contributed by atoms with Crippen LogP contribution in [-0.4, -0.2) is 42.8 Å². The number of nitrogens with one attached hydrogen (secondary N) is 1. The molecule has 1 atom stereocenters. The molecule has 92 valence electrons. The monoisotopic (exact) mass is 230 g/mol. The van der Waals surface area contributed by atoms with Crippen LogP contribution in [0.3, 0.4) is 0 Å². The second kappa shape index (κ2) is 5.27. The minimum atomic E-state index is -1.28. The summed E-state index contributed by atoms with van der Waals surface area (Å²) in [5.41, 5.74) is 5.20. The molecule has 16 heavy (non-hydrogen) atoms. The quantitative estimate of drug-likeness (QED) is 0.391. The molecule has 0 spiro atoms. The highest BCUT2D eigenvalue weighted by Crippen LogP contribution is 2.44. The lowest BCUT2D eigenvalue weighted by Gasteiger charge is -2.15. The number of aliphatic hydroxyl groups is 1. The lowest BCUT2D eigenvalue weighted by Crippen LogP contribution is -2.48. The number of esters is 1. The van der Waals surface area contributed by atoms with E-state index >= 15 is 0 Å². The summed E-state index contributed by atoms with van der Waals surface area (Å²) in [6.07, 6.45) is 1.77. The van der Waals surface area contributed by atoms with Crippen molar-refractivity contribution in [1.82, 2.24) is 5.32 Å². The van der Waals surface area contributed by atoms with Crippen LogP contribution < -0.4 is 11.1 Å². The van der Waals surface area contributed by atoms with Crippen LogP contribution in [0, 0.1) is 5.41 Å². The van der Waals surface area contributed by atoms with Gasteiger partial charge in [0.25, 0.3) is 0 Å². The third-order valence-electron chi connectivity index (χ3n) is 2.75. The summed E-state index contributed by atoms with van der Waals surface area (Å²) >= 11 is 0. The Morgan fingerprint density at radius 2 is 2.19 bits per heavy atom. The van der Waals surface area contributed by atoms with E-state index < -0.39 is 17.9 Å². The van der Waals surface area contributed by atoms with Crippen molar-refractivity contribution >= 4 is 11.9 Å². The molecular formula is C10H18N2O4. The topological polar surface area (TPSA) is 102 Å². The van der Waals surface area contributed by atoms with E-state index in [0.717, 1.165) is 12.8 Å². The summed E-state index contributed by atoms with van der Waals surface area (Å²) in [7, 11) is 0. The van der Waals surface area contributed by atoms with Crippen LogP contribution >= 0.6 is 0 Å². The molecule has 1 unspecified atom stereocenters. The van der Waals surface area contributed by atoms with E-state index in [2.05, 4.69) is 10.1 Å². The van der Waals surface area contributed by atoms with E-state index in [-0.39, 0.29) is 18.6 Å². The van der Waals surface area contributed by atoms with Crippen LogP contribution in [0.25, 0.3) is 0 Å². The highest BCUT2D eigenvalue weighted by molar-refractivity contribution is 6.01. The predicted molar refractivity (Wildman–Crippen MR) is 56.4 cm³/mol. The molecule has 0 aromatic heterocycles. The summed E-state index contributed by atoms with van der Waals surface area (Å²) in [6.45, 7) is 2.24. The van der Waals surface area contributed by atoms with Gasteiger partial charge in [-0.15, -0.1) is 0 Å². The Hall–Kier alpha value is -1.14. The van der Waals surface area contributed by atoms with Crippen LogP contribution in [-0.2, 0) is 14.3 Å². The number of hydrogen-bond donors (Lipinski definition) is 3. The number of aliphatic hydroxyl groups excluding tert-OH is 1. The molecule has 0 saturated heterocycles. The van der Waals surface area contributed by atoms with Crippen LogP contribution in [0.1, 0.15) is 19.8 Å². The Morgan fingerprint density at radius 3 is 2.62 bits per heavy atom. The van der Waals surface area contributed by atoms with Crippen LogP contribution in [0.15, 0.2) is 0 Å². The van der Waals surface area contributed by atoms with Gasteiger partial charge < -0.3 is 20.9 Å². The fourth-order valence-electron chi connectivity index (χ4n) is 1.29. The molecule has 1 saturated carbocycles. The van der Waals surface area contributed by atoms with Gasteiger partial charge in [-0.2, -0.15) is 0 Å². The maximum absolute atomic E-state index is 11.4. The maximum atomic E-state index is 11.4. The number of nitrogens with two attached hydrogens (primary N) is 1. The number of ether oxygens (including phenoxy) is 1. The van der Waals surface area contributed by atoms with Crippen molar-refractivity contribution in [2.75, 3.05) is 19.8 Å². The molecule has 4 N–H and O–H groups in total. The molecule has 0 radical (unpaired) electrons. The zero-order chi connectivity index (χ0) is 12.2. The second-order valence-electron chi connectivity index (χ2n) is 4.11. The average molecular weight is 230 g/mol. The molecule has 0 aromatic rings. The smallest absolute Gasteiger partial charge is 0.332 e. The van der Waals surface area contributed by atoms with E-state index in [1.54, 1.807) is 6.92 Å². The van der Waals surface area contributed by atoms with Gasteiger partial charge in [-0.1, -0.05) is 0 Å². The summed E-state index contributed by atoms with van der Waals surface area (Å²) in [6, 6.07) is -1.28. The van der Waals surface area contributed by atoms with Crippen molar-refractivity contribution in [3.05, 3.63) is 0 Å². The number of amides is 1. The van der Waals surface area contributed by atoms with E-state index in [1.165, 1.54) is 0 Å². The van der Waals surface area contributed by atoms with Gasteiger partial charge in [0.2, 0.25) is 5.91 Å². The lowest BCUT2D eigenvalue weighted by atomic mass is 10.1. The van der Waals surface area contributed by atoms with Crippen molar-refractivity contribution in [3.63, 3.8) is 0 Å². The average Bonchev–Trinajstić information content (AvgIpc) is 3.06. The zero-order valence-electron chi connectivity index (χ0n) is 9.36. The first-order valence-corrected chi connectivity index (χ1v) is 5.35. The molecule has 1 fully saturated rings. The molecule has 6 nitrogen and oxygen atoms in total. The fourth-order valence-corrected chi connectivity index (χ4v) is 1.29. The predicted octanol–water partition coefficient (Wildman–Crippen LogP) is -1.23. The Kier molecular flexibility index (Phi) is 4.26. The van der Waals surface area contributed by atoms with E-state index in [1.807, 2.05) is 0 Å². The fraction of sp³-hybridized carbons (Fsp3) is 0.800. The molecule has 6 heteroatoms. The third-order valence-corrected chi connectivity index (χ3v) is 2.75. The number of carbonyl (C=O) groups is 2. The first-order valence-electron chi connectivity index (χ1n) is 5.35. The molecule has 1 aliphatic carbocycles. The molecule has 0 aromatic carbocycles. The van der Waals surface area contributed by atoms with Crippen LogP contribution in [0.4, 0.5) is 0 Å². The normalized spacial score (nSPS) is 18.7. The second-order valence-corrected chi connectivity index (χ2v) is 4.11. The van der Waals surface area contributed by atoms with Crippen molar-refractivity contribution in [1.29, 1.82) is 0 Å². The molecule has 0 heterocycles. The van der Waals surface area contributed by atoms with Gasteiger partial charge in [0.1, 0.15) is 0 Å². The van der Waals surface area contributed by atoms with Crippen LogP contribution in [0.2, 0.25) is 0 Å². The standard InChI is InChI=1S/C10H18N2O4/c1-2-16-9(15)7(11)8(14)12-5-10(6-13)3-4-10/h7,13H,2-6,11H2,1H3,(H,12,14). The summed E-state index contributed by atoms with van der Waals surface area (Å²) in [5.74, 6) is -1.29. The van der Waals surface area contributed by atoms with Crippen molar-refractivity contribution < 1.29 is 19.4 Å². The molecular weight excluding hydrogens is 212 g/mol. The van der Waals surface area contributed by atoms with Gasteiger partial charge in [-0.05, 0) is 19.8 Å². The van der Waals surface area contributed by atoms with Crippen molar-refractivity contribution in [3.8, 4) is 0 Å². The number of carbonyl (C=O) groups excluding carboxylic acids is 2. The molecule has 1 rings (SSSR count).